The molecular formula is C25H23N3O3. The number of H-pyrrole nitrogens is 1. The Bertz CT molecular complexity index is 1250. The Kier molecular flexibility index (Phi) is 4.82. The van der Waals surface area contributed by atoms with E-state index >= 15 is 0 Å². The number of benzene rings is 2. The van der Waals surface area contributed by atoms with Crippen LogP contribution in [0.15, 0.2) is 67.0 Å². The van der Waals surface area contributed by atoms with Crippen molar-refractivity contribution in [2.24, 2.45) is 0 Å². The maximum atomic E-state index is 13.7. The summed E-state index contributed by atoms with van der Waals surface area (Å²) in [5, 5.41) is 1.21. The summed E-state index contributed by atoms with van der Waals surface area (Å²) in [5.74, 6) is 1.08. The van der Waals surface area contributed by atoms with Crippen LogP contribution in [-0.4, -0.2) is 41.5 Å². The summed E-state index contributed by atoms with van der Waals surface area (Å²) < 4.78 is 10.7. The number of hydrogen-bond acceptors (Lipinski definition) is 4. The molecule has 1 aliphatic rings. The van der Waals surface area contributed by atoms with Crippen molar-refractivity contribution in [3.8, 4) is 11.5 Å². The van der Waals surface area contributed by atoms with Gasteiger partial charge < -0.3 is 19.4 Å². The van der Waals surface area contributed by atoms with E-state index in [1.54, 1.807) is 38.6 Å². The number of ether oxygens (including phenoxy) is 2. The second-order valence-corrected chi connectivity index (χ2v) is 7.57. The molecule has 5 rings (SSSR count). The van der Waals surface area contributed by atoms with E-state index in [1.807, 2.05) is 29.3 Å². The molecular weight excluding hydrogens is 390 g/mol. The normalized spacial score (nSPS) is 15.5. The van der Waals surface area contributed by atoms with Gasteiger partial charge in [-0.3, -0.25) is 9.78 Å². The molecule has 0 radical (unpaired) electrons. The van der Waals surface area contributed by atoms with Crippen molar-refractivity contribution >= 4 is 16.8 Å². The van der Waals surface area contributed by atoms with Gasteiger partial charge >= 0.3 is 0 Å². The zero-order valence-electron chi connectivity index (χ0n) is 17.5. The molecule has 2 aromatic carbocycles. The Balaban J connectivity index is 1.62. The van der Waals surface area contributed by atoms with Crippen molar-refractivity contribution in [1.82, 2.24) is 14.9 Å². The van der Waals surface area contributed by atoms with Crippen LogP contribution in [0, 0.1) is 0 Å². The van der Waals surface area contributed by atoms with E-state index in [0.29, 0.717) is 23.6 Å². The highest BCUT2D eigenvalue weighted by Crippen LogP contribution is 2.39. The lowest BCUT2D eigenvalue weighted by atomic mass is 9.92. The van der Waals surface area contributed by atoms with Crippen LogP contribution < -0.4 is 9.47 Å². The molecule has 31 heavy (non-hydrogen) atoms. The van der Waals surface area contributed by atoms with Gasteiger partial charge in [-0.15, -0.1) is 0 Å². The van der Waals surface area contributed by atoms with Crippen molar-refractivity contribution in [3.05, 3.63) is 89.4 Å². The molecule has 6 nitrogen and oxygen atoms in total. The summed E-state index contributed by atoms with van der Waals surface area (Å²) >= 11 is 0. The Morgan fingerprint density at radius 1 is 1.06 bits per heavy atom. The molecule has 0 saturated carbocycles. The Labute approximate surface area is 180 Å². The standard InChI is InChI=1S/C25H23N3O3/c1-30-21-10-9-16(14-22(21)31-2)25(29)28-13-11-19-18-7-3-4-8-20(18)27-23(19)24(28)17-6-5-12-26-15-17/h3-10,12,14-15,24,27H,11,13H2,1-2H3/t24-/m1/s1. The number of rotatable bonds is 4. The number of hydrogen-bond donors (Lipinski definition) is 1. The first kappa shape index (κ1) is 19.2. The van der Waals surface area contributed by atoms with Gasteiger partial charge in [-0.1, -0.05) is 24.3 Å². The van der Waals surface area contributed by atoms with Crippen LogP contribution in [0.1, 0.15) is 33.2 Å². The van der Waals surface area contributed by atoms with Crippen LogP contribution in [0.3, 0.4) is 0 Å². The summed E-state index contributed by atoms with van der Waals surface area (Å²) in [4.78, 5) is 23.5. The largest absolute Gasteiger partial charge is 0.493 e. The lowest BCUT2D eigenvalue weighted by molar-refractivity contribution is 0.0691. The average molecular weight is 413 g/mol. The second-order valence-electron chi connectivity index (χ2n) is 7.57. The molecule has 156 valence electrons. The van der Waals surface area contributed by atoms with Crippen LogP contribution in [0.5, 0.6) is 11.5 Å². The Hall–Kier alpha value is -3.80. The number of carbonyl (C=O) groups is 1. The molecule has 0 unspecified atom stereocenters. The zero-order chi connectivity index (χ0) is 21.4. The minimum absolute atomic E-state index is 0.0564. The number of amides is 1. The number of pyridine rings is 1. The highest BCUT2D eigenvalue weighted by Gasteiger charge is 2.35. The number of carbonyl (C=O) groups excluding carboxylic acids is 1. The molecule has 2 aromatic heterocycles. The second kappa shape index (κ2) is 7.80. The van der Waals surface area contributed by atoms with Gasteiger partial charge in [0, 0.05) is 41.1 Å². The number of aromatic amines is 1. The number of para-hydroxylation sites is 1. The SMILES string of the molecule is COc1ccc(C(=O)N2CCc3c([nH]c4ccccc34)[C@H]2c2cccnc2)cc1OC. The minimum atomic E-state index is -0.245. The van der Waals surface area contributed by atoms with Gasteiger partial charge in [0.05, 0.1) is 20.3 Å². The number of nitrogens with zero attached hydrogens (tertiary/aromatic N) is 2. The van der Waals surface area contributed by atoms with Gasteiger partial charge in [-0.05, 0) is 47.9 Å². The number of nitrogens with one attached hydrogen (secondary N) is 1. The van der Waals surface area contributed by atoms with Crippen molar-refractivity contribution in [1.29, 1.82) is 0 Å². The smallest absolute Gasteiger partial charge is 0.254 e. The van der Waals surface area contributed by atoms with Crippen molar-refractivity contribution in [2.45, 2.75) is 12.5 Å². The Morgan fingerprint density at radius 3 is 2.68 bits per heavy atom. The van der Waals surface area contributed by atoms with Crippen molar-refractivity contribution < 1.29 is 14.3 Å². The molecule has 1 aliphatic heterocycles. The Morgan fingerprint density at radius 2 is 1.90 bits per heavy atom. The maximum Gasteiger partial charge on any atom is 0.254 e. The van der Waals surface area contributed by atoms with Gasteiger partial charge in [-0.25, -0.2) is 0 Å². The molecule has 4 aromatic rings. The first-order valence-electron chi connectivity index (χ1n) is 10.2. The van der Waals surface area contributed by atoms with Crippen LogP contribution in [0.2, 0.25) is 0 Å². The van der Waals surface area contributed by atoms with Crippen LogP contribution in [0.25, 0.3) is 10.9 Å². The van der Waals surface area contributed by atoms with Crippen LogP contribution in [0.4, 0.5) is 0 Å². The molecule has 0 fully saturated rings. The van der Waals surface area contributed by atoms with Gasteiger partial charge in [-0.2, -0.15) is 0 Å². The van der Waals surface area contributed by atoms with E-state index in [1.165, 1.54) is 10.9 Å². The number of aromatic nitrogens is 2. The number of methoxy groups -OCH3 is 2. The van der Waals surface area contributed by atoms with Crippen LogP contribution in [-0.2, 0) is 6.42 Å². The molecule has 1 N–H and O–H groups in total. The molecule has 0 saturated heterocycles. The first-order valence-corrected chi connectivity index (χ1v) is 10.2. The van der Waals surface area contributed by atoms with Gasteiger partial charge in [0.25, 0.3) is 5.91 Å². The third-order valence-electron chi connectivity index (χ3n) is 5.93. The molecule has 0 aliphatic carbocycles. The molecule has 0 bridgehead atoms. The predicted octanol–water partition coefficient (Wildman–Crippen LogP) is 4.37. The van der Waals surface area contributed by atoms with E-state index in [0.717, 1.165) is 23.2 Å². The fourth-order valence-corrected chi connectivity index (χ4v) is 4.48. The molecule has 1 amide bonds. The average Bonchev–Trinajstić information content (AvgIpc) is 3.21. The minimum Gasteiger partial charge on any atom is -0.493 e. The van der Waals surface area contributed by atoms with Crippen molar-refractivity contribution in [3.63, 3.8) is 0 Å². The third kappa shape index (κ3) is 3.20. The van der Waals surface area contributed by atoms with E-state index < -0.39 is 0 Å². The molecule has 0 spiro atoms. The monoisotopic (exact) mass is 413 g/mol. The molecule has 3 heterocycles. The van der Waals surface area contributed by atoms with E-state index in [9.17, 15) is 4.79 Å². The first-order chi connectivity index (χ1) is 15.2. The number of fused-ring (bicyclic) bond motifs is 3. The highest BCUT2D eigenvalue weighted by atomic mass is 16.5. The lowest BCUT2D eigenvalue weighted by Crippen LogP contribution is -2.40. The fraction of sp³-hybridized carbons (Fsp3) is 0.200. The van der Waals surface area contributed by atoms with Gasteiger partial charge in [0.2, 0.25) is 0 Å². The topological polar surface area (TPSA) is 67.5 Å². The zero-order valence-corrected chi connectivity index (χ0v) is 17.5. The summed E-state index contributed by atoms with van der Waals surface area (Å²) in [6, 6.07) is 17.3. The van der Waals surface area contributed by atoms with E-state index in [-0.39, 0.29) is 11.9 Å². The van der Waals surface area contributed by atoms with Crippen molar-refractivity contribution in [2.75, 3.05) is 20.8 Å². The fourth-order valence-electron chi connectivity index (χ4n) is 4.48. The van der Waals surface area contributed by atoms with E-state index in [2.05, 4.69) is 28.2 Å². The summed E-state index contributed by atoms with van der Waals surface area (Å²) in [6.07, 6.45) is 4.37. The third-order valence-corrected chi connectivity index (χ3v) is 5.93. The summed E-state index contributed by atoms with van der Waals surface area (Å²) in [7, 11) is 3.15. The van der Waals surface area contributed by atoms with Crippen LogP contribution >= 0.6 is 0 Å². The maximum absolute atomic E-state index is 13.7. The summed E-state index contributed by atoms with van der Waals surface area (Å²) in [6.45, 7) is 0.613. The van der Waals surface area contributed by atoms with E-state index in [4.69, 9.17) is 9.47 Å². The van der Waals surface area contributed by atoms with Gasteiger partial charge in [0.1, 0.15) is 0 Å². The quantitative estimate of drug-likeness (QED) is 0.540. The molecule has 6 heteroatoms. The van der Waals surface area contributed by atoms with Gasteiger partial charge in [0.15, 0.2) is 11.5 Å². The summed E-state index contributed by atoms with van der Waals surface area (Å²) in [5.41, 5.74) is 4.94. The lowest BCUT2D eigenvalue weighted by Gasteiger charge is -2.36. The predicted molar refractivity (Wildman–Crippen MR) is 119 cm³/mol. The molecule has 1 atom stereocenters. The highest BCUT2D eigenvalue weighted by molar-refractivity contribution is 5.96.